The second kappa shape index (κ2) is 8.23. The van der Waals surface area contributed by atoms with Crippen LogP contribution in [0.2, 0.25) is 0 Å². The second-order valence-electron chi connectivity index (χ2n) is 6.99. The molecule has 0 aliphatic carbocycles. The molecule has 4 rings (SSSR count). The number of ether oxygens (including phenoxy) is 1. The fraction of sp³-hybridized carbons (Fsp3) is 0.130. The summed E-state index contributed by atoms with van der Waals surface area (Å²) in [5.41, 5.74) is 1.26. The van der Waals surface area contributed by atoms with Crippen molar-refractivity contribution >= 4 is 27.5 Å². The smallest absolute Gasteiger partial charge is 0.339 e. The van der Waals surface area contributed by atoms with Crippen molar-refractivity contribution in [3.8, 4) is 5.75 Å². The Balaban J connectivity index is 1.71. The molecule has 2 amide bonds. The highest BCUT2D eigenvalue weighted by Gasteiger charge is 2.41. The van der Waals surface area contributed by atoms with Crippen LogP contribution >= 0.6 is 0 Å². The van der Waals surface area contributed by atoms with Gasteiger partial charge in [-0.2, -0.15) is 0 Å². The minimum absolute atomic E-state index is 0.0102. The van der Waals surface area contributed by atoms with Crippen molar-refractivity contribution in [3.05, 3.63) is 90.0 Å². The minimum Gasteiger partial charge on any atom is -0.497 e. The highest BCUT2D eigenvalue weighted by molar-refractivity contribution is 7.90. The largest absolute Gasteiger partial charge is 0.497 e. The number of sulfonamides is 1. The van der Waals surface area contributed by atoms with Crippen LogP contribution in [-0.2, 0) is 16.6 Å². The lowest BCUT2D eigenvalue weighted by molar-refractivity contribution is 0.0998. The topological polar surface area (TPSA) is 84.0 Å². The summed E-state index contributed by atoms with van der Waals surface area (Å²) >= 11 is 0. The van der Waals surface area contributed by atoms with Crippen molar-refractivity contribution in [3.63, 3.8) is 0 Å². The number of urea groups is 1. The molecule has 0 unspecified atom stereocenters. The van der Waals surface area contributed by atoms with Crippen molar-refractivity contribution in [2.75, 3.05) is 18.6 Å². The number of carbonyl (C=O) groups is 2. The number of para-hydroxylation sites is 1. The number of hydrogen-bond donors (Lipinski definition) is 0. The molecule has 158 valence electrons. The van der Waals surface area contributed by atoms with E-state index in [2.05, 4.69) is 0 Å². The number of benzene rings is 3. The van der Waals surface area contributed by atoms with E-state index < -0.39 is 16.1 Å². The SMILES string of the molecule is COc1ccc(CN2C(=O)N(CC(=O)c3ccccc3)c3ccccc3S2(=O)=O)cc1. The first-order chi connectivity index (χ1) is 14.9. The number of amides is 2. The predicted octanol–water partition coefficient (Wildman–Crippen LogP) is 3.71. The molecular formula is C23H20N2O5S. The van der Waals surface area contributed by atoms with Gasteiger partial charge in [-0.25, -0.2) is 17.5 Å². The van der Waals surface area contributed by atoms with Gasteiger partial charge >= 0.3 is 6.03 Å². The third kappa shape index (κ3) is 3.89. The van der Waals surface area contributed by atoms with Crippen LogP contribution in [0.25, 0.3) is 0 Å². The zero-order valence-electron chi connectivity index (χ0n) is 16.8. The highest BCUT2D eigenvalue weighted by Crippen LogP contribution is 2.35. The van der Waals surface area contributed by atoms with Crippen molar-refractivity contribution in [1.82, 2.24) is 4.31 Å². The Morgan fingerprint density at radius 2 is 1.55 bits per heavy atom. The molecule has 3 aromatic carbocycles. The van der Waals surface area contributed by atoms with Gasteiger partial charge in [0.2, 0.25) is 0 Å². The molecule has 0 aromatic heterocycles. The molecule has 0 bridgehead atoms. The van der Waals surface area contributed by atoms with E-state index in [4.69, 9.17) is 4.74 Å². The van der Waals surface area contributed by atoms with E-state index in [1.54, 1.807) is 66.7 Å². The van der Waals surface area contributed by atoms with E-state index in [1.165, 1.54) is 24.1 Å². The lowest BCUT2D eigenvalue weighted by Crippen LogP contribution is -2.51. The number of carbonyl (C=O) groups excluding carboxylic acids is 2. The second-order valence-corrected chi connectivity index (χ2v) is 8.82. The van der Waals surface area contributed by atoms with Gasteiger partial charge < -0.3 is 4.74 Å². The highest BCUT2D eigenvalue weighted by atomic mass is 32.2. The van der Waals surface area contributed by atoms with Crippen LogP contribution in [0.15, 0.2) is 83.8 Å². The van der Waals surface area contributed by atoms with Gasteiger partial charge in [0.1, 0.15) is 10.6 Å². The van der Waals surface area contributed by atoms with Crippen molar-refractivity contribution in [1.29, 1.82) is 0 Å². The molecule has 7 nitrogen and oxygen atoms in total. The van der Waals surface area contributed by atoms with Gasteiger partial charge in [0.05, 0.1) is 25.9 Å². The number of hydrogen-bond acceptors (Lipinski definition) is 5. The van der Waals surface area contributed by atoms with Crippen LogP contribution in [0.4, 0.5) is 10.5 Å². The zero-order chi connectivity index (χ0) is 22.0. The van der Waals surface area contributed by atoms with Gasteiger partial charge in [0, 0.05) is 5.56 Å². The van der Waals surface area contributed by atoms with E-state index in [0.29, 0.717) is 16.9 Å². The maximum Gasteiger partial charge on any atom is 0.339 e. The molecule has 31 heavy (non-hydrogen) atoms. The molecular weight excluding hydrogens is 416 g/mol. The summed E-state index contributed by atoms with van der Waals surface area (Å²) in [7, 11) is -2.55. The molecule has 8 heteroatoms. The average molecular weight is 436 g/mol. The minimum atomic E-state index is -4.08. The fourth-order valence-electron chi connectivity index (χ4n) is 3.42. The molecule has 0 spiro atoms. The van der Waals surface area contributed by atoms with Crippen molar-refractivity contribution in [2.24, 2.45) is 0 Å². The Bertz CT molecular complexity index is 1220. The van der Waals surface area contributed by atoms with Crippen LogP contribution in [-0.4, -0.2) is 38.2 Å². The third-order valence-corrected chi connectivity index (χ3v) is 6.82. The maximum absolute atomic E-state index is 13.3. The molecule has 0 saturated carbocycles. The van der Waals surface area contributed by atoms with Crippen molar-refractivity contribution < 1.29 is 22.7 Å². The lowest BCUT2D eigenvalue weighted by atomic mass is 10.1. The van der Waals surface area contributed by atoms with Crippen molar-refractivity contribution in [2.45, 2.75) is 11.4 Å². The standard InChI is InChI=1S/C23H20N2O5S/c1-30-19-13-11-17(12-14-19)15-25-23(27)24(16-21(26)18-7-3-2-4-8-18)20-9-5-6-10-22(20)31(25,28)29/h2-14H,15-16H2,1H3. The molecule has 1 heterocycles. The first-order valence-electron chi connectivity index (χ1n) is 9.56. The number of anilines is 1. The summed E-state index contributed by atoms with van der Waals surface area (Å²) in [6.45, 7) is -0.427. The number of methoxy groups -OCH3 is 1. The van der Waals surface area contributed by atoms with Crippen LogP contribution in [0, 0.1) is 0 Å². The summed E-state index contributed by atoms with van der Waals surface area (Å²) in [6, 6.07) is 20.8. The summed E-state index contributed by atoms with van der Waals surface area (Å²) in [5, 5.41) is 0. The van der Waals surface area contributed by atoms with Crippen LogP contribution in [0.3, 0.4) is 0 Å². The van der Waals surface area contributed by atoms with E-state index in [1.807, 2.05) is 0 Å². The summed E-state index contributed by atoms with van der Waals surface area (Å²) in [6.07, 6.45) is 0. The number of rotatable bonds is 6. The molecule has 0 atom stereocenters. The molecule has 3 aromatic rings. The predicted molar refractivity (Wildman–Crippen MR) is 116 cm³/mol. The van der Waals surface area contributed by atoms with Crippen LogP contribution in [0.1, 0.15) is 15.9 Å². The lowest BCUT2D eigenvalue weighted by Gasteiger charge is -2.36. The van der Waals surface area contributed by atoms with Crippen LogP contribution in [0.5, 0.6) is 5.75 Å². The Hall–Kier alpha value is -3.65. The quantitative estimate of drug-likeness (QED) is 0.550. The maximum atomic E-state index is 13.3. The monoisotopic (exact) mass is 436 g/mol. The summed E-state index contributed by atoms with van der Waals surface area (Å²) in [5.74, 6) is 0.337. The Labute approximate surface area is 180 Å². The molecule has 1 aliphatic rings. The Morgan fingerprint density at radius 1 is 0.903 bits per heavy atom. The third-order valence-electron chi connectivity index (χ3n) is 5.05. The summed E-state index contributed by atoms with van der Waals surface area (Å²) < 4.78 is 32.4. The van der Waals surface area contributed by atoms with Gasteiger partial charge in [0.25, 0.3) is 10.0 Å². The first-order valence-corrected chi connectivity index (χ1v) is 11.0. The summed E-state index contributed by atoms with van der Waals surface area (Å²) in [4.78, 5) is 27.3. The zero-order valence-corrected chi connectivity index (χ0v) is 17.6. The number of nitrogens with zero attached hydrogens (tertiary/aromatic N) is 2. The number of ketones is 1. The van der Waals surface area contributed by atoms with E-state index in [9.17, 15) is 18.0 Å². The van der Waals surface area contributed by atoms with Gasteiger partial charge in [-0.15, -0.1) is 0 Å². The molecule has 0 fully saturated rings. The molecule has 0 N–H and O–H groups in total. The van der Waals surface area contributed by atoms with Gasteiger partial charge in [-0.3, -0.25) is 9.69 Å². The van der Waals surface area contributed by atoms with Gasteiger partial charge in [-0.05, 0) is 29.8 Å². The molecule has 0 radical (unpaired) electrons. The first kappa shape index (κ1) is 20.6. The Morgan fingerprint density at radius 3 is 2.23 bits per heavy atom. The number of fused-ring (bicyclic) bond motifs is 1. The normalized spacial score (nSPS) is 14.8. The average Bonchev–Trinajstić information content (AvgIpc) is 2.80. The van der Waals surface area contributed by atoms with Crippen LogP contribution < -0.4 is 9.64 Å². The van der Waals surface area contributed by atoms with E-state index >= 15 is 0 Å². The fourth-order valence-corrected chi connectivity index (χ4v) is 4.97. The number of Topliss-reactive ketones (excluding diaryl/α,β-unsaturated/α-hetero) is 1. The molecule has 0 saturated heterocycles. The van der Waals surface area contributed by atoms with E-state index in [-0.39, 0.29) is 29.5 Å². The van der Waals surface area contributed by atoms with Gasteiger partial charge in [-0.1, -0.05) is 54.6 Å². The van der Waals surface area contributed by atoms with E-state index in [0.717, 1.165) is 4.31 Å². The Kier molecular flexibility index (Phi) is 5.48. The molecule has 1 aliphatic heterocycles. The van der Waals surface area contributed by atoms with Gasteiger partial charge in [0.15, 0.2) is 5.78 Å².